The normalized spacial score (nSPS) is 12.5. The lowest BCUT2D eigenvalue weighted by Crippen LogP contribution is -2.39. The molecule has 0 aliphatic carbocycles. The van der Waals surface area contributed by atoms with Crippen LogP contribution in [0, 0.1) is 11.3 Å². The van der Waals surface area contributed by atoms with Crippen LogP contribution in [0.5, 0.6) is 5.75 Å². The molecule has 0 bridgehead atoms. The highest BCUT2D eigenvalue weighted by Crippen LogP contribution is 2.20. The third-order valence-electron chi connectivity index (χ3n) is 3.58. The number of hydrogen-bond donors (Lipinski definition) is 2. The van der Waals surface area contributed by atoms with Crippen molar-refractivity contribution >= 4 is 11.9 Å². The molecule has 0 saturated carbocycles. The molecule has 0 heterocycles. The highest BCUT2D eigenvalue weighted by molar-refractivity contribution is 5.82. The lowest BCUT2D eigenvalue weighted by molar-refractivity contribution is -0.138. The summed E-state index contributed by atoms with van der Waals surface area (Å²) in [6.45, 7) is 1.55. The molecule has 0 spiro atoms. The van der Waals surface area contributed by atoms with Gasteiger partial charge in [0, 0.05) is 0 Å². The summed E-state index contributed by atoms with van der Waals surface area (Å²) < 4.78 is 5.56. The fraction of sp³-hybridized carbons (Fsp3) is 0.211. The van der Waals surface area contributed by atoms with Crippen molar-refractivity contribution in [1.82, 2.24) is 5.32 Å². The predicted octanol–water partition coefficient (Wildman–Crippen LogP) is 2.66. The summed E-state index contributed by atoms with van der Waals surface area (Å²) in [5.74, 6) is -1.16. The zero-order chi connectivity index (χ0) is 18.2. The molecule has 6 nitrogen and oxygen atoms in total. The molecule has 1 amide bonds. The van der Waals surface area contributed by atoms with Gasteiger partial charge in [0.25, 0.3) is 5.91 Å². The Bertz CT molecular complexity index is 784. The fourth-order valence-corrected chi connectivity index (χ4v) is 2.31. The van der Waals surface area contributed by atoms with Crippen LogP contribution in [-0.4, -0.2) is 23.1 Å². The highest BCUT2D eigenvalue weighted by Gasteiger charge is 2.22. The maximum atomic E-state index is 12.4. The molecule has 0 radical (unpaired) electrons. The average Bonchev–Trinajstić information content (AvgIpc) is 2.62. The number of nitrogens with zero attached hydrogens (tertiary/aromatic N) is 1. The van der Waals surface area contributed by atoms with Crippen LogP contribution in [-0.2, 0) is 9.59 Å². The summed E-state index contributed by atoms with van der Waals surface area (Å²) in [6.07, 6.45) is -1.12. The molecule has 0 saturated heterocycles. The predicted molar refractivity (Wildman–Crippen MR) is 90.8 cm³/mol. The van der Waals surface area contributed by atoms with Gasteiger partial charge < -0.3 is 15.2 Å². The minimum Gasteiger partial charge on any atom is -0.481 e. The van der Waals surface area contributed by atoms with E-state index in [9.17, 15) is 9.59 Å². The van der Waals surface area contributed by atoms with E-state index in [-0.39, 0.29) is 6.42 Å². The highest BCUT2D eigenvalue weighted by atomic mass is 16.5. The second-order valence-corrected chi connectivity index (χ2v) is 5.44. The van der Waals surface area contributed by atoms with Gasteiger partial charge >= 0.3 is 5.97 Å². The summed E-state index contributed by atoms with van der Waals surface area (Å²) in [5.41, 5.74) is 1.02. The molecule has 128 valence electrons. The van der Waals surface area contributed by atoms with Gasteiger partial charge in [0.15, 0.2) is 6.10 Å². The number of aliphatic carboxylic acids is 1. The first-order valence-electron chi connectivity index (χ1n) is 7.74. The van der Waals surface area contributed by atoms with Crippen molar-refractivity contribution in [3.05, 3.63) is 65.7 Å². The number of hydrogen-bond acceptors (Lipinski definition) is 4. The number of nitrogens with one attached hydrogen (secondary N) is 1. The Balaban J connectivity index is 2.09. The van der Waals surface area contributed by atoms with Gasteiger partial charge in [0.1, 0.15) is 11.8 Å². The SMILES string of the molecule is C[C@H](Oc1ccccc1C#N)C(=O)N[C@H](CC(=O)O)c1ccccc1. The zero-order valence-corrected chi connectivity index (χ0v) is 13.7. The van der Waals surface area contributed by atoms with E-state index < -0.39 is 24.0 Å². The summed E-state index contributed by atoms with van der Waals surface area (Å²) in [4.78, 5) is 23.5. The Morgan fingerprint density at radius 2 is 1.80 bits per heavy atom. The van der Waals surface area contributed by atoms with E-state index in [1.807, 2.05) is 12.1 Å². The summed E-state index contributed by atoms with van der Waals surface area (Å²) in [6, 6.07) is 16.8. The van der Waals surface area contributed by atoms with Gasteiger partial charge in [-0.2, -0.15) is 5.26 Å². The monoisotopic (exact) mass is 338 g/mol. The van der Waals surface area contributed by atoms with Crippen molar-refractivity contribution in [2.24, 2.45) is 0 Å². The second kappa shape index (κ2) is 8.50. The molecule has 2 aromatic carbocycles. The topological polar surface area (TPSA) is 99.4 Å². The van der Waals surface area contributed by atoms with Gasteiger partial charge in [-0.15, -0.1) is 0 Å². The number of amides is 1. The largest absolute Gasteiger partial charge is 0.481 e. The number of carbonyl (C=O) groups excluding carboxylic acids is 1. The molecule has 25 heavy (non-hydrogen) atoms. The van der Waals surface area contributed by atoms with Crippen LogP contribution in [0.25, 0.3) is 0 Å². The molecular formula is C19H18N2O4. The van der Waals surface area contributed by atoms with E-state index >= 15 is 0 Å². The Kier molecular flexibility index (Phi) is 6.13. The number of carbonyl (C=O) groups is 2. The number of rotatable bonds is 7. The van der Waals surface area contributed by atoms with Gasteiger partial charge in [0.2, 0.25) is 0 Å². The number of carboxylic acids is 1. The first-order chi connectivity index (χ1) is 12.0. The van der Waals surface area contributed by atoms with E-state index in [1.165, 1.54) is 0 Å². The summed E-state index contributed by atoms with van der Waals surface area (Å²) >= 11 is 0. The minimum absolute atomic E-state index is 0.239. The van der Waals surface area contributed by atoms with Gasteiger partial charge in [-0.1, -0.05) is 42.5 Å². The molecule has 2 atom stereocenters. The first-order valence-corrected chi connectivity index (χ1v) is 7.74. The van der Waals surface area contributed by atoms with Crippen LogP contribution < -0.4 is 10.1 Å². The van der Waals surface area contributed by atoms with E-state index in [4.69, 9.17) is 15.1 Å². The second-order valence-electron chi connectivity index (χ2n) is 5.44. The van der Waals surface area contributed by atoms with Gasteiger partial charge in [-0.25, -0.2) is 0 Å². The van der Waals surface area contributed by atoms with Gasteiger partial charge in [-0.3, -0.25) is 9.59 Å². The molecule has 0 aromatic heterocycles. The van der Waals surface area contributed by atoms with Crippen LogP contribution in [0.15, 0.2) is 54.6 Å². The number of nitriles is 1. The quantitative estimate of drug-likeness (QED) is 0.808. The molecular weight excluding hydrogens is 320 g/mol. The minimum atomic E-state index is -1.02. The van der Waals surface area contributed by atoms with Crippen LogP contribution in [0.4, 0.5) is 0 Å². The Labute approximate surface area is 145 Å². The van der Waals surface area contributed by atoms with Crippen molar-refractivity contribution in [2.75, 3.05) is 0 Å². The maximum Gasteiger partial charge on any atom is 0.305 e. The molecule has 2 rings (SSSR count). The Hall–Kier alpha value is -3.33. The van der Waals surface area contributed by atoms with Gasteiger partial charge in [-0.05, 0) is 24.6 Å². The summed E-state index contributed by atoms with van der Waals surface area (Å²) in [5, 5.41) is 20.8. The van der Waals surface area contributed by atoms with Crippen molar-refractivity contribution in [3.63, 3.8) is 0 Å². The number of benzene rings is 2. The maximum absolute atomic E-state index is 12.4. The fourth-order valence-electron chi connectivity index (χ4n) is 2.31. The van der Waals surface area contributed by atoms with Crippen LogP contribution in [0.3, 0.4) is 0 Å². The van der Waals surface area contributed by atoms with Crippen molar-refractivity contribution in [1.29, 1.82) is 5.26 Å². The van der Waals surface area contributed by atoms with Gasteiger partial charge in [0.05, 0.1) is 18.0 Å². The summed E-state index contributed by atoms with van der Waals surface area (Å²) in [7, 11) is 0. The first kappa shape index (κ1) is 18.0. The lowest BCUT2D eigenvalue weighted by Gasteiger charge is -2.21. The van der Waals surface area contributed by atoms with Crippen molar-refractivity contribution in [3.8, 4) is 11.8 Å². The Morgan fingerprint density at radius 3 is 2.44 bits per heavy atom. The third-order valence-corrected chi connectivity index (χ3v) is 3.58. The molecule has 0 unspecified atom stereocenters. The molecule has 0 aliphatic heterocycles. The molecule has 0 fully saturated rings. The van der Waals surface area contributed by atoms with E-state index in [2.05, 4.69) is 5.32 Å². The van der Waals surface area contributed by atoms with E-state index in [0.29, 0.717) is 16.9 Å². The zero-order valence-electron chi connectivity index (χ0n) is 13.7. The lowest BCUT2D eigenvalue weighted by atomic mass is 10.0. The molecule has 2 aromatic rings. The van der Waals surface area contributed by atoms with E-state index in [0.717, 1.165) is 0 Å². The van der Waals surface area contributed by atoms with Crippen LogP contribution in [0.2, 0.25) is 0 Å². The average molecular weight is 338 g/mol. The Morgan fingerprint density at radius 1 is 1.16 bits per heavy atom. The van der Waals surface area contributed by atoms with E-state index in [1.54, 1.807) is 55.5 Å². The standard InChI is InChI=1S/C19H18N2O4/c1-13(25-17-10-6-5-9-15(17)12-20)19(24)21-16(11-18(22)23)14-7-3-2-4-8-14/h2-10,13,16H,11H2,1H3,(H,21,24)(H,22,23)/t13-,16+/m0/s1. The number of carboxylic acid groups (broad SMARTS) is 1. The number of ether oxygens (including phenoxy) is 1. The molecule has 2 N–H and O–H groups in total. The molecule has 0 aliphatic rings. The van der Waals surface area contributed by atoms with Crippen LogP contribution in [0.1, 0.15) is 30.5 Å². The van der Waals surface area contributed by atoms with Crippen molar-refractivity contribution in [2.45, 2.75) is 25.5 Å². The third kappa shape index (κ3) is 5.08. The van der Waals surface area contributed by atoms with Crippen molar-refractivity contribution < 1.29 is 19.4 Å². The number of para-hydroxylation sites is 1. The van der Waals surface area contributed by atoms with Crippen LogP contribution >= 0.6 is 0 Å². The molecule has 6 heteroatoms. The smallest absolute Gasteiger partial charge is 0.305 e.